The highest BCUT2D eigenvalue weighted by molar-refractivity contribution is 5.44. The fourth-order valence-electron chi connectivity index (χ4n) is 2.14. The van der Waals surface area contributed by atoms with Gasteiger partial charge in [0.2, 0.25) is 0 Å². The van der Waals surface area contributed by atoms with Crippen LogP contribution in [0.25, 0.3) is 5.65 Å². The third-order valence-corrected chi connectivity index (χ3v) is 3.23. The van der Waals surface area contributed by atoms with E-state index in [4.69, 9.17) is 4.74 Å². The lowest BCUT2D eigenvalue weighted by atomic mass is 10.1. The Labute approximate surface area is 135 Å². The Morgan fingerprint density at radius 1 is 1.21 bits per heavy atom. The number of hydrogen-bond donors (Lipinski definition) is 1. The van der Waals surface area contributed by atoms with Gasteiger partial charge in [0.25, 0.3) is 0 Å². The molecule has 0 fully saturated rings. The number of fused-ring (bicyclic) bond motifs is 1. The van der Waals surface area contributed by atoms with Crippen molar-refractivity contribution in [2.45, 2.75) is 13.0 Å². The van der Waals surface area contributed by atoms with Crippen molar-refractivity contribution < 1.29 is 18.3 Å². The molecule has 0 amide bonds. The molecule has 24 heavy (non-hydrogen) atoms. The van der Waals surface area contributed by atoms with Crippen LogP contribution in [0.3, 0.4) is 0 Å². The fourth-order valence-corrected chi connectivity index (χ4v) is 2.14. The molecule has 10 heteroatoms. The van der Waals surface area contributed by atoms with Crippen LogP contribution in [-0.4, -0.2) is 45.5 Å². The van der Waals surface area contributed by atoms with Crippen molar-refractivity contribution in [3.8, 4) is 11.5 Å². The second kappa shape index (κ2) is 7.02. The minimum Gasteiger partial charge on any atom is -0.493 e. The summed E-state index contributed by atoms with van der Waals surface area (Å²) in [4.78, 5) is 0. The van der Waals surface area contributed by atoms with Gasteiger partial charge < -0.3 is 14.8 Å². The molecular weight excluding hydrogens is 322 g/mol. The van der Waals surface area contributed by atoms with Crippen molar-refractivity contribution in [2.75, 3.05) is 19.0 Å². The van der Waals surface area contributed by atoms with Crippen LogP contribution in [0.2, 0.25) is 0 Å². The Bertz CT molecular complexity index is 826. The van der Waals surface area contributed by atoms with Gasteiger partial charge in [-0.15, -0.1) is 14.8 Å². The lowest BCUT2D eigenvalue weighted by molar-refractivity contribution is -0.0512. The van der Waals surface area contributed by atoms with Gasteiger partial charge in [0.15, 0.2) is 17.1 Å². The maximum Gasteiger partial charge on any atom is 0.387 e. The molecule has 126 valence electrons. The summed E-state index contributed by atoms with van der Waals surface area (Å²) >= 11 is 0. The van der Waals surface area contributed by atoms with Crippen LogP contribution in [0.5, 0.6) is 11.5 Å². The normalized spacial score (nSPS) is 11.0. The second-order valence-corrected chi connectivity index (χ2v) is 4.79. The van der Waals surface area contributed by atoms with Gasteiger partial charge in [-0.3, -0.25) is 0 Å². The Hall–Kier alpha value is -3.04. The zero-order valence-corrected chi connectivity index (χ0v) is 12.7. The number of nitrogens with one attached hydrogen (secondary N) is 1. The first-order valence-corrected chi connectivity index (χ1v) is 7.07. The number of anilines is 1. The van der Waals surface area contributed by atoms with Crippen molar-refractivity contribution in [3.63, 3.8) is 0 Å². The summed E-state index contributed by atoms with van der Waals surface area (Å²) in [6.07, 6.45) is 0.640. The average Bonchev–Trinajstić information content (AvgIpc) is 3.03. The van der Waals surface area contributed by atoms with Gasteiger partial charge in [-0.2, -0.15) is 8.78 Å². The highest BCUT2D eigenvalue weighted by Crippen LogP contribution is 2.29. The molecule has 3 rings (SSSR count). The number of alkyl halides is 2. The maximum atomic E-state index is 12.3. The van der Waals surface area contributed by atoms with Crippen LogP contribution in [0, 0.1) is 0 Å². The van der Waals surface area contributed by atoms with E-state index in [2.05, 4.69) is 30.7 Å². The molecule has 0 atom stereocenters. The van der Waals surface area contributed by atoms with E-state index < -0.39 is 6.61 Å². The van der Waals surface area contributed by atoms with E-state index in [0.717, 1.165) is 5.56 Å². The molecule has 1 aromatic carbocycles. The molecule has 1 N–H and O–H groups in total. The zero-order valence-electron chi connectivity index (χ0n) is 12.7. The number of benzene rings is 1. The molecule has 0 aliphatic rings. The Morgan fingerprint density at radius 2 is 2.08 bits per heavy atom. The summed E-state index contributed by atoms with van der Waals surface area (Å²) in [5.74, 6) is 0.899. The molecule has 0 aliphatic carbocycles. The lowest BCUT2D eigenvalue weighted by Gasteiger charge is -2.11. The van der Waals surface area contributed by atoms with Gasteiger partial charge in [0.1, 0.15) is 5.82 Å². The van der Waals surface area contributed by atoms with Crippen LogP contribution in [0.4, 0.5) is 14.6 Å². The zero-order chi connectivity index (χ0) is 16.9. The second-order valence-electron chi connectivity index (χ2n) is 4.79. The first-order valence-electron chi connectivity index (χ1n) is 7.07. The smallest absolute Gasteiger partial charge is 0.387 e. The molecule has 8 nitrogen and oxygen atoms in total. The van der Waals surface area contributed by atoms with Crippen LogP contribution in [0.1, 0.15) is 5.56 Å². The standard InChI is InChI=1S/C14H14F2N6O2/c1-23-11-8-9(2-3-10(11)24-14(15)16)6-7-17-12-4-5-13-18-20-21-22(13)19-12/h2-5,8,14H,6-7H2,1H3,(H,17,19). The Kier molecular flexibility index (Phi) is 4.64. The highest BCUT2D eigenvalue weighted by Gasteiger charge is 2.11. The molecule has 2 heterocycles. The SMILES string of the molecule is COc1cc(CCNc2ccc3nnnn3n2)ccc1OC(F)F. The van der Waals surface area contributed by atoms with E-state index >= 15 is 0 Å². The summed E-state index contributed by atoms with van der Waals surface area (Å²) in [6.45, 7) is -2.31. The monoisotopic (exact) mass is 336 g/mol. The molecule has 0 saturated carbocycles. The molecule has 2 aromatic heterocycles. The largest absolute Gasteiger partial charge is 0.493 e. The topological polar surface area (TPSA) is 86.5 Å². The molecule has 0 saturated heterocycles. The average molecular weight is 336 g/mol. The Balaban J connectivity index is 1.61. The number of nitrogens with zero attached hydrogens (tertiary/aromatic N) is 5. The predicted molar refractivity (Wildman–Crippen MR) is 80.4 cm³/mol. The molecule has 0 unspecified atom stereocenters. The van der Waals surface area contributed by atoms with E-state index in [1.54, 1.807) is 24.3 Å². The lowest BCUT2D eigenvalue weighted by Crippen LogP contribution is -2.09. The van der Waals surface area contributed by atoms with Crippen LogP contribution >= 0.6 is 0 Å². The molecule has 0 bridgehead atoms. The van der Waals surface area contributed by atoms with Crippen LogP contribution in [0.15, 0.2) is 30.3 Å². The predicted octanol–water partition coefficient (Wildman–Crippen LogP) is 1.78. The number of halogens is 2. The number of aromatic nitrogens is 5. The number of tetrazole rings is 1. The molecule has 3 aromatic rings. The van der Waals surface area contributed by atoms with Crippen molar-refractivity contribution in [1.82, 2.24) is 25.3 Å². The van der Waals surface area contributed by atoms with Gasteiger partial charge >= 0.3 is 6.61 Å². The number of rotatable bonds is 7. The Morgan fingerprint density at radius 3 is 2.88 bits per heavy atom. The van der Waals surface area contributed by atoms with Gasteiger partial charge in [-0.05, 0) is 46.7 Å². The summed E-state index contributed by atoms with van der Waals surface area (Å²) in [5.41, 5.74) is 1.46. The quantitative estimate of drug-likeness (QED) is 0.704. The van der Waals surface area contributed by atoms with Crippen molar-refractivity contribution in [1.29, 1.82) is 0 Å². The van der Waals surface area contributed by atoms with Crippen molar-refractivity contribution in [3.05, 3.63) is 35.9 Å². The molecular formula is C14H14F2N6O2. The van der Waals surface area contributed by atoms with Crippen molar-refractivity contribution in [2.24, 2.45) is 0 Å². The summed E-state index contributed by atoms with van der Waals surface area (Å²) in [5, 5.41) is 18.3. The number of hydrogen-bond acceptors (Lipinski definition) is 7. The maximum absolute atomic E-state index is 12.3. The van der Waals surface area contributed by atoms with Crippen LogP contribution in [-0.2, 0) is 6.42 Å². The highest BCUT2D eigenvalue weighted by atomic mass is 19.3. The van der Waals surface area contributed by atoms with Crippen LogP contribution < -0.4 is 14.8 Å². The summed E-state index contributed by atoms with van der Waals surface area (Å²) < 4.78 is 35.4. The van der Waals surface area contributed by atoms with E-state index in [9.17, 15) is 8.78 Å². The molecule has 0 radical (unpaired) electrons. The van der Waals surface area contributed by atoms with Crippen molar-refractivity contribution >= 4 is 11.5 Å². The third kappa shape index (κ3) is 3.65. The number of ether oxygens (including phenoxy) is 2. The number of methoxy groups -OCH3 is 1. The first-order chi connectivity index (χ1) is 11.7. The minimum absolute atomic E-state index is 0.00927. The molecule has 0 spiro atoms. The van der Waals surface area contributed by atoms with E-state index in [-0.39, 0.29) is 11.5 Å². The minimum atomic E-state index is -2.89. The first kappa shape index (κ1) is 15.8. The van der Waals surface area contributed by atoms with Gasteiger partial charge in [-0.1, -0.05) is 6.07 Å². The van der Waals surface area contributed by atoms with E-state index in [0.29, 0.717) is 24.4 Å². The van der Waals surface area contributed by atoms with Gasteiger partial charge in [-0.25, -0.2) is 0 Å². The van der Waals surface area contributed by atoms with E-state index in [1.807, 2.05) is 0 Å². The van der Waals surface area contributed by atoms with Gasteiger partial charge in [0.05, 0.1) is 7.11 Å². The third-order valence-electron chi connectivity index (χ3n) is 3.23. The van der Waals surface area contributed by atoms with Gasteiger partial charge in [0, 0.05) is 6.54 Å². The fraction of sp³-hybridized carbons (Fsp3) is 0.286. The summed E-state index contributed by atoms with van der Waals surface area (Å²) in [6, 6.07) is 8.35. The molecule has 0 aliphatic heterocycles. The van der Waals surface area contributed by atoms with E-state index in [1.165, 1.54) is 17.8 Å². The summed E-state index contributed by atoms with van der Waals surface area (Å²) in [7, 11) is 1.40.